The van der Waals surface area contributed by atoms with E-state index in [1.165, 1.54) is 22.5 Å². The van der Waals surface area contributed by atoms with E-state index in [1.807, 2.05) is 0 Å². The van der Waals surface area contributed by atoms with Gasteiger partial charge >= 0.3 is 0 Å². The Morgan fingerprint density at radius 2 is 1.66 bits per heavy atom. The molecule has 0 aliphatic carbocycles. The predicted octanol–water partition coefficient (Wildman–Crippen LogP) is 6.99. The minimum absolute atomic E-state index is 0.0905. The SMILES string of the molecule is C/C(=C\c1ccc2c(c1)N(S(=O)(=O)c1cccc(C)c1)CC([C@@H](C)N1C(=O)c3ccccc3C1=O)O2)c1c(F)cccc1Cl. The van der Waals surface area contributed by atoms with E-state index in [9.17, 15) is 22.4 Å². The monoisotopic (exact) mass is 630 g/mol. The van der Waals surface area contributed by atoms with E-state index in [0.29, 0.717) is 22.3 Å². The summed E-state index contributed by atoms with van der Waals surface area (Å²) in [6.45, 7) is 5.04. The minimum atomic E-state index is -4.12. The van der Waals surface area contributed by atoms with Crippen LogP contribution in [0.2, 0.25) is 5.02 Å². The van der Waals surface area contributed by atoms with Crippen LogP contribution in [0, 0.1) is 12.7 Å². The number of ether oxygens (including phenoxy) is 1. The van der Waals surface area contributed by atoms with Crippen molar-refractivity contribution in [1.29, 1.82) is 0 Å². The molecule has 0 aromatic heterocycles. The maximum atomic E-state index is 14.6. The fourth-order valence-corrected chi connectivity index (χ4v) is 7.60. The number of hydrogen-bond donors (Lipinski definition) is 0. The first-order chi connectivity index (χ1) is 21.0. The number of amides is 2. The van der Waals surface area contributed by atoms with E-state index < -0.39 is 39.8 Å². The first-order valence-corrected chi connectivity index (χ1v) is 15.8. The Labute approximate surface area is 260 Å². The van der Waals surface area contributed by atoms with Crippen LogP contribution in [0.4, 0.5) is 10.1 Å². The van der Waals surface area contributed by atoms with Crippen molar-refractivity contribution in [2.45, 2.75) is 37.8 Å². The molecule has 0 radical (unpaired) electrons. The van der Waals surface area contributed by atoms with Crippen molar-refractivity contribution < 1.29 is 27.1 Å². The minimum Gasteiger partial charge on any atom is -0.484 e. The summed E-state index contributed by atoms with van der Waals surface area (Å²) in [4.78, 5) is 27.7. The highest BCUT2D eigenvalue weighted by Gasteiger charge is 2.45. The first-order valence-electron chi connectivity index (χ1n) is 14.0. The molecule has 10 heteroatoms. The van der Waals surface area contributed by atoms with Crippen molar-refractivity contribution in [3.8, 4) is 5.75 Å². The Kier molecular flexibility index (Phi) is 7.55. The molecule has 2 heterocycles. The van der Waals surface area contributed by atoms with Gasteiger partial charge in [-0.1, -0.05) is 54.1 Å². The molecule has 4 aromatic rings. The largest absolute Gasteiger partial charge is 0.484 e. The van der Waals surface area contributed by atoms with Gasteiger partial charge in [-0.15, -0.1) is 0 Å². The number of anilines is 1. The van der Waals surface area contributed by atoms with Crippen LogP contribution in [0.1, 0.15) is 51.3 Å². The summed E-state index contributed by atoms with van der Waals surface area (Å²) in [5.41, 5.74) is 3.04. The smallest absolute Gasteiger partial charge is 0.264 e. The lowest BCUT2D eigenvalue weighted by molar-refractivity contribution is 0.0435. The van der Waals surface area contributed by atoms with Crippen LogP contribution < -0.4 is 9.04 Å². The number of aryl methyl sites for hydroxylation is 1. The number of allylic oxidation sites excluding steroid dienone is 1. The number of rotatable bonds is 6. The second-order valence-corrected chi connectivity index (χ2v) is 13.2. The molecular weight excluding hydrogens is 603 g/mol. The predicted molar refractivity (Wildman–Crippen MR) is 168 cm³/mol. The number of fused-ring (bicyclic) bond motifs is 2. The molecule has 7 nitrogen and oxygen atoms in total. The van der Waals surface area contributed by atoms with Crippen molar-refractivity contribution in [2.75, 3.05) is 10.8 Å². The van der Waals surface area contributed by atoms with E-state index in [0.717, 1.165) is 10.5 Å². The molecular formula is C34H28ClFN2O5S. The molecule has 224 valence electrons. The third kappa shape index (κ3) is 5.06. The maximum absolute atomic E-state index is 14.6. The van der Waals surface area contributed by atoms with Gasteiger partial charge in [0.2, 0.25) is 0 Å². The lowest BCUT2D eigenvalue weighted by Gasteiger charge is -2.39. The highest BCUT2D eigenvalue weighted by molar-refractivity contribution is 7.92. The number of benzene rings is 4. The summed E-state index contributed by atoms with van der Waals surface area (Å²) >= 11 is 6.28. The first kappa shape index (κ1) is 29.6. The molecule has 0 saturated carbocycles. The topological polar surface area (TPSA) is 84.0 Å². The Balaban J connectivity index is 1.42. The van der Waals surface area contributed by atoms with Gasteiger partial charge in [-0.3, -0.25) is 18.8 Å². The zero-order chi connectivity index (χ0) is 31.3. The Morgan fingerprint density at radius 3 is 2.32 bits per heavy atom. The van der Waals surface area contributed by atoms with Gasteiger partial charge in [-0.05, 0) is 86.0 Å². The molecule has 0 bridgehead atoms. The summed E-state index contributed by atoms with van der Waals surface area (Å²) in [7, 11) is -4.12. The van der Waals surface area contributed by atoms with Gasteiger partial charge < -0.3 is 4.74 Å². The summed E-state index contributed by atoms with van der Waals surface area (Å²) in [6, 6.07) is 21.8. The van der Waals surface area contributed by atoms with Crippen LogP contribution in [0.25, 0.3) is 11.6 Å². The van der Waals surface area contributed by atoms with E-state index in [1.54, 1.807) is 93.6 Å². The van der Waals surface area contributed by atoms with Crippen molar-refractivity contribution >= 4 is 50.8 Å². The number of nitrogens with zero attached hydrogens (tertiary/aromatic N) is 2. The maximum Gasteiger partial charge on any atom is 0.264 e. The van der Waals surface area contributed by atoms with E-state index in [-0.39, 0.29) is 33.5 Å². The van der Waals surface area contributed by atoms with Crippen molar-refractivity contribution in [3.63, 3.8) is 0 Å². The van der Waals surface area contributed by atoms with Crippen molar-refractivity contribution in [1.82, 2.24) is 4.90 Å². The lowest BCUT2D eigenvalue weighted by atomic mass is 10.0. The average Bonchev–Trinajstić information content (AvgIpc) is 3.25. The Bertz CT molecular complexity index is 1920. The number of carbonyl (C=O) groups is 2. The molecule has 0 N–H and O–H groups in total. The van der Waals surface area contributed by atoms with Gasteiger partial charge in [0.05, 0.1) is 39.3 Å². The third-order valence-corrected chi connectivity index (χ3v) is 10.1. The molecule has 1 unspecified atom stereocenters. The normalized spacial score (nSPS) is 17.3. The van der Waals surface area contributed by atoms with Crippen LogP contribution >= 0.6 is 11.6 Å². The molecule has 0 fully saturated rings. The summed E-state index contributed by atoms with van der Waals surface area (Å²) < 4.78 is 50.6. The molecule has 0 saturated heterocycles. The van der Waals surface area contributed by atoms with Gasteiger partial charge in [-0.25, -0.2) is 12.8 Å². The summed E-state index contributed by atoms with van der Waals surface area (Å²) in [5, 5.41) is 0.258. The summed E-state index contributed by atoms with van der Waals surface area (Å²) in [5.74, 6) is -1.12. The van der Waals surface area contributed by atoms with Crippen LogP contribution in [-0.4, -0.2) is 43.8 Å². The highest BCUT2D eigenvalue weighted by atomic mass is 35.5. The highest BCUT2D eigenvalue weighted by Crippen LogP contribution is 2.40. The van der Waals surface area contributed by atoms with Crippen LogP contribution in [-0.2, 0) is 10.0 Å². The van der Waals surface area contributed by atoms with E-state index in [4.69, 9.17) is 16.3 Å². The molecule has 4 aromatic carbocycles. The number of imide groups is 1. The fourth-order valence-electron chi connectivity index (χ4n) is 5.70. The zero-order valence-electron chi connectivity index (χ0n) is 24.1. The molecule has 2 aliphatic heterocycles. The average molecular weight is 631 g/mol. The molecule has 2 aliphatic rings. The van der Waals surface area contributed by atoms with E-state index in [2.05, 4.69) is 0 Å². The van der Waals surface area contributed by atoms with Gasteiger partial charge in [0, 0.05) is 5.56 Å². The molecule has 6 rings (SSSR count). The zero-order valence-corrected chi connectivity index (χ0v) is 25.7. The molecule has 44 heavy (non-hydrogen) atoms. The number of hydrogen-bond acceptors (Lipinski definition) is 5. The van der Waals surface area contributed by atoms with Gasteiger partial charge in [0.15, 0.2) is 0 Å². The second kappa shape index (κ2) is 11.2. The lowest BCUT2D eigenvalue weighted by Crippen LogP contribution is -2.54. The van der Waals surface area contributed by atoms with Crippen molar-refractivity contribution in [3.05, 3.63) is 124 Å². The second-order valence-electron chi connectivity index (χ2n) is 10.9. The summed E-state index contributed by atoms with van der Waals surface area (Å²) in [6.07, 6.45) is 0.847. The van der Waals surface area contributed by atoms with E-state index >= 15 is 0 Å². The molecule has 2 atom stereocenters. The third-order valence-electron chi connectivity index (χ3n) is 7.96. The molecule has 2 amide bonds. The number of sulfonamides is 1. The number of halogens is 2. The van der Waals surface area contributed by atoms with Gasteiger partial charge in [0.1, 0.15) is 17.7 Å². The Hall–Kier alpha value is -4.47. The fraction of sp³-hybridized carbons (Fsp3) is 0.176. The number of carbonyl (C=O) groups excluding carboxylic acids is 2. The quantitative estimate of drug-likeness (QED) is 0.169. The standard InChI is InChI=1S/C34H28ClFN2O5S/c1-20-8-6-9-24(16-20)44(41,42)37-19-31(22(3)38-33(39)25-10-4-5-11-26(25)34(38)40)43-30-15-14-23(18-29(30)37)17-21(2)32-27(35)12-7-13-28(32)36/h4-18,22,31H,19H2,1-3H3/b21-17+/t22-,31?/m1/s1. The molecule has 0 spiro atoms. The van der Waals surface area contributed by atoms with Crippen LogP contribution in [0.3, 0.4) is 0 Å². The van der Waals surface area contributed by atoms with Gasteiger partial charge in [0.25, 0.3) is 21.8 Å². The van der Waals surface area contributed by atoms with Crippen LogP contribution in [0.15, 0.2) is 89.8 Å². The van der Waals surface area contributed by atoms with Gasteiger partial charge in [-0.2, -0.15) is 0 Å². The van der Waals surface area contributed by atoms with Crippen LogP contribution in [0.5, 0.6) is 5.75 Å². The van der Waals surface area contributed by atoms with Crippen molar-refractivity contribution in [2.24, 2.45) is 0 Å². The Morgan fingerprint density at radius 1 is 0.977 bits per heavy atom.